The Hall–Kier alpha value is -0.600. The van der Waals surface area contributed by atoms with Gasteiger partial charge >= 0.3 is 0 Å². The van der Waals surface area contributed by atoms with Crippen molar-refractivity contribution < 1.29 is 0 Å². The Morgan fingerprint density at radius 1 is 1.37 bits per heavy atom. The van der Waals surface area contributed by atoms with Crippen molar-refractivity contribution in [2.75, 3.05) is 7.05 Å². The average molecular weight is 277 g/mol. The molecule has 5 atom stereocenters. The number of nitrogens with one attached hydrogen (secondary N) is 1. The van der Waals surface area contributed by atoms with Gasteiger partial charge in [-0.15, -0.1) is 0 Å². The zero-order valence-corrected chi connectivity index (χ0v) is 12.1. The Morgan fingerprint density at radius 3 is 2.74 bits per heavy atom. The number of aromatic nitrogens is 1. The van der Waals surface area contributed by atoms with Crippen LogP contribution in [0.15, 0.2) is 18.5 Å². The van der Waals surface area contributed by atoms with Gasteiger partial charge in [-0.05, 0) is 74.0 Å². The fourth-order valence-corrected chi connectivity index (χ4v) is 5.36. The molecule has 1 aromatic rings. The summed E-state index contributed by atoms with van der Waals surface area (Å²) in [5.74, 6) is 5.04. The summed E-state index contributed by atoms with van der Waals surface area (Å²) < 4.78 is 0. The van der Waals surface area contributed by atoms with Crippen LogP contribution in [0.1, 0.15) is 24.8 Å². The number of likely N-dealkylation sites (N-methyl/N-ethyl adjacent to an activating group) is 1. The molecule has 19 heavy (non-hydrogen) atoms. The van der Waals surface area contributed by atoms with E-state index in [9.17, 15) is 0 Å². The van der Waals surface area contributed by atoms with Crippen molar-refractivity contribution in [2.45, 2.75) is 31.7 Å². The molecule has 0 aromatic carbocycles. The topological polar surface area (TPSA) is 24.9 Å². The molecule has 4 rings (SSSR count). The van der Waals surface area contributed by atoms with Crippen LogP contribution >= 0.6 is 11.6 Å². The molecule has 2 bridgehead atoms. The molecule has 0 aliphatic heterocycles. The Balaban J connectivity index is 1.50. The highest BCUT2D eigenvalue weighted by Crippen LogP contribution is 2.70. The number of rotatable bonds is 4. The fraction of sp³-hybridized carbons (Fsp3) is 0.688. The number of hydrogen-bond acceptors (Lipinski definition) is 2. The molecule has 1 N–H and O–H groups in total. The van der Waals surface area contributed by atoms with Crippen LogP contribution < -0.4 is 5.32 Å². The Morgan fingerprint density at radius 2 is 2.11 bits per heavy atom. The maximum Gasteiger partial charge on any atom is 0.0621 e. The molecule has 3 heteroatoms. The van der Waals surface area contributed by atoms with E-state index in [0.29, 0.717) is 6.04 Å². The molecule has 5 unspecified atom stereocenters. The van der Waals surface area contributed by atoms with Gasteiger partial charge in [0, 0.05) is 18.4 Å². The lowest BCUT2D eigenvalue weighted by atomic mass is 9.93. The lowest BCUT2D eigenvalue weighted by molar-refractivity contribution is 0.376. The normalized spacial score (nSPS) is 40.2. The Labute approximate surface area is 120 Å². The minimum absolute atomic E-state index is 0.596. The van der Waals surface area contributed by atoms with E-state index in [2.05, 4.69) is 23.4 Å². The third kappa shape index (κ3) is 1.84. The van der Waals surface area contributed by atoms with Gasteiger partial charge in [0.05, 0.1) is 5.02 Å². The van der Waals surface area contributed by atoms with Crippen molar-refractivity contribution in [2.24, 2.45) is 29.6 Å². The first-order valence-electron chi connectivity index (χ1n) is 7.55. The minimum Gasteiger partial charge on any atom is -0.316 e. The largest absolute Gasteiger partial charge is 0.316 e. The van der Waals surface area contributed by atoms with Crippen LogP contribution in [0.2, 0.25) is 5.02 Å². The maximum absolute atomic E-state index is 6.25. The molecule has 3 aliphatic rings. The van der Waals surface area contributed by atoms with Gasteiger partial charge in [-0.2, -0.15) is 0 Å². The second kappa shape index (κ2) is 4.46. The van der Waals surface area contributed by atoms with Gasteiger partial charge in [-0.25, -0.2) is 0 Å². The predicted molar refractivity (Wildman–Crippen MR) is 77.1 cm³/mol. The molecule has 102 valence electrons. The van der Waals surface area contributed by atoms with Crippen molar-refractivity contribution >= 4 is 11.6 Å². The summed E-state index contributed by atoms with van der Waals surface area (Å²) in [4.78, 5) is 4.08. The van der Waals surface area contributed by atoms with E-state index in [1.807, 2.05) is 6.20 Å². The predicted octanol–water partition coefficient (Wildman–Crippen LogP) is 3.16. The molecule has 2 nitrogen and oxygen atoms in total. The smallest absolute Gasteiger partial charge is 0.0621 e. The van der Waals surface area contributed by atoms with E-state index >= 15 is 0 Å². The SMILES string of the molecule is CNC(Cc1ccncc1Cl)C1C2C3CCC(C3)C21. The van der Waals surface area contributed by atoms with Gasteiger partial charge in [0.2, 0.25) is 0 Å². The minimum atomic E-state index is 0.596. The average Bonchev–Trinajstić information content (AvgIpc) is 2.85. The summed E-state index contributed by atoms with van der Waals surface area (Å²) >= 11 is 6.25. The summed E-state index contributed by atoms with van der Waals surface area (Å²) in [5.41, 5.74) is 1.24. The highest BCUT2D eigenvalue weighted by Gasteiger charge is 2.66. The van der Waals surface area contributed by atoms with Crippen LogP contribution in [0, 0.1) is 29.6 Å². The van der Waals surface area contributed by atoms with Crippen LogP contribution in [-0.2, 0) is 6.42 Å². The Kier molecular flexibility index (Phi) is 2.85. The molecule has 1 heterocycles. The van der Waals surface area contributed by atoms with Crippen molar-refractivity contribution in [1.82, 2.24) is 10.3 Å². The summed E-state index contributed by atoms with van der Waals surface area (Å²) in [6, 6.07) is 2.66. The van der Waals surface area contributed by atoms with Crippen molar-refractivity contribution in [1.29, 1.82) is 0 Å². The second-order valence-corrected chi connectivity index (χ2v) is 7.04. The molecule has 0 spiro atoms. The summed E-state index contributed by atoms with van der Waals surface area (Å²) in [7, 11) is 2.11. The molecule has 0 saturated heterocycles. The lowest BCUT2D eigenvalue weighted by Gasteiger charge is -2.20. The van der Waals surface area contributed by atoms with Gasteiger partial charge < -0.3 is 5.32 Å². The summed E-state index contributed by atoms with van der Waals surface area (Å²) in [6.07, 6.45) is 9.18. The molecule has 3 saturated carbocycles. The van der Waals surface area contributed by atoms with Crippen LogP contribution in [-0.4, -0.2) is 18.1 Å². The number of pyridine rings is 1. The van der Waals surface area contributed by atoms with Crippen molar-refractivity contribution in [3.05, 3.63) is 29.0 Å². The number of nitrogens with zero attached hydrogens (tertiary/aromatic N) is 1. The van der Waals surface area contributed by atoms with Crippen molar-refractivity contribution in [3.63, 3.8) is 0 Å². The van der Waals surface area contributed by atoms with Crippen LogP contribution in [0.25, 0.3) is 0 Å². The monoisotopic (exact) mass is 276 g/mol. The fourth-order valence-electron chi connectivity index (χ4n) is 5.17. The van der Waals surface area contributed by atoms with Crippen molar-refractivity contribution in [3.8, 4) is 0 Å². The molecular weight excluding hydrogens is 256 g/mol. The third-order valence-electron chi connectivity index (χ3n) is 5.93. The van der Waals surface area contributed by atoms with E-state index in [1.165, 1.54) is 24.8 Å². The first kappa shape index (κ1) is 12.2. The number of fused-ring (bicyclic) bond motifs is 5. The first-order valence-corrected chi connectivity index (χ1v) is 7.93. The molecule has 0 amide bonds. The molecule has 0 radical (unpaired) electrons. The molecule has 1 aromatic heterocycles. The third-order valence-corrected chi connectivity index (χ3v) is 6.27. The van der Waals surface area contributed by atoms with Crippen LogP contribution in [0.4, 0.5) is 0 Å². The van der Waals surface area contributed by atoms with Gasteiger partial charge in [0.15, 0.2) is 0 Å². The number of hydrogen-bond donors (Lipinski definition) is 1. The van der Waals surface area contributed by atoms with E-state index in [-0.39, 0.29) is 0 Å². The van der Waals surface area contributed by atoms with Crippen LogP contribution in [0.5, 0.6) is 0 Å². The van der Waals surface area contributed by atoms with Crippen LogP contribution in [0.3, 0.4) is 0 Å². The van der Waals surface area contributed by atoms with Gasteiger partial charge in [0.1, 0.15) is 0 Å². The summed E-state index contributed by atoms with van der Waals surface area (Å²) in [6.45, 7) is 0. The maximum atomic E-state index is 6.25. The lowest BCUT2D eigenvalue weighted by Crippen LogP contribution is -2.32. The van der Waals surface area contributed by atoms with E-state index in [4.69, 9.17) is 11.6 Å². The van der Waals surface area contributed by atoms with Gasteiger partial charge in [0.25, 0.3) is 0 Å². The highest BCUT2D eigenvalue weighted by molar-refractivity contribution is 6.31. The highest BCUT2D eigenvalue weighted by atomic mass is 35.5. The summed E-state index contributed by atoms with van der Waals surface area (Å²) in [5, 5.41) is 4.37. The molecule has 3 fully saturated rings. The molecule has 3 aliphatic carbocycles. The second-order valence-electron chi connectivity index (χ2n) is 6.63. The standard InChI is InChI=1S/C16H21ClN2/c1-18-13(7-9-4-5-19-8-12(9)17)16-14-10-2-3-11(6-10)15(14)16/h4-5,8,10-11,13-16,18H,2-3,6-7H2,1H3. The zero-order valence-electron chi connectivity index (χ0n) is 11.3. The van der Waals surface area contributed by atoms with E-state index < -0.39 is 0 Å². The number of halogens is 1. The van der Waals surface area contributed by atoms with E-state index in [0.717, 1.165) is 41.0 Å². The zero-order chi connectivity index (χ0) is 13.0. The molecular formula is C16H21ClN2. The van der Waals surface area contributed by atoms with Gasteiger partial charge in [-0.1, -0.05) is 11.6 Å². The van der Waals surface area contributed by atoms with Gasteiger partial charge in [-0.3, -0.25) is 4.98 Å². The quantitative estimate of drug-likeness (QED) is 0.914. The first-order chi connectivity index (χ1) is 9.29. The Bertz CT molecular complexity index is 473. The van der Waals surface area contributed by atoms with E-state index in [1.54, 1.807) is 6.20 Å².